The Labute approximate surface area is 109 Å². The molecule has 0 atom stereocenters. The van der Waals surface area contributed by atoms with Gasteiger partial charge in [-0.3, -0.25) is 10.2 Å². The fraction of sp³-hybridized carbons (Fsp3) is 0.0909. The maximum absolute atomic E-state index is 11.2. The van der Waals surface area contributed by atoms with Gasteiger partial charge >= 0.3 is 0 Å². The van der Waals surface area contributed by atoms with Crippen molar-refractivity contribution in [2.24, 2.45) is 0 Å². The summed E-state index contributed by atoms with van der Waals surface area (Å²) >= 11 is 5.11. The van der Waals surface area contributed by atoms with Crippen LogP contribution in [-0.4, -0.2) is 25.8 Å². The molecule has 7 heteroatoms. The van der Waals surface area contributed by atoms with Gasteiger partial charge in [0.2, 0.25) is 0 Å². The molecule has 1 aromatic heterocycles. The maximum atomic E-state index is 11.2. The molecule has 2 N–H and O–H groups in total. The van der Waals surface area contributed by atoms with Crippen LogP contribution in [0.4, 0.5) is 5.69 Å². The normalized spacial score (nSPS) is 9.83. The highest BCUT2D eigenvalue weighted by Crippen LogP contribution is 2.11. The second-order valence-electron chi connectivity index (χ2n) is 3.57. The number of ketones is 1. The van der Waals surface area contributed by atoms with Gasteiger partial charge in [-0.2, -0.15) is 0 Å². The molecular formula is C11H11N5OS. The van der Waals surface area contributed by atoms with Crippen LogP contribution in [-0.2, 0) is 0 Å². The van der Waals surface area contributed by atoms with Crippen molar-refractivity contribution in [3.8, 4) is 0 Å². The number of hydrogen-bond acceptors (Lipinski definition) is 4. The van der Waals surface area contributed by atoms with Crippen LogP contribution >= 0.6 is 12.2 Å². The fourth-order valence-electron chi connectivity index (χ4n) is 1.35. The highest BCUT2D eigenvalue weighted by Gasteiger charge is 2.02. The van der Waals surface area contributed by atoms with Crippen LogP contribution in [0, 0.1) is 0 Å². The van der Waals surface area contributed by atoms with E-state index in [1.807, 2.05) is 6.07 Å². The van der Waals surface area contributed by atoms with E-state index in [1.54, 1.807) is 18.2 Å². The van der Waals surface area contributed by atoms with Crippen molar-refractivity contribution >= 4 is 28.8 Å². The van der Waals surface area contributed by atoms with Gasteiger partial charge in [-0.25, -0.2) is 4.68 Å². The number of nitrogens with one attached hydrogen (secondary N) is 2. The molecule has 0 unspecified atom stereocenters. The minimum Gasteiger partial charge on any atom is -0.331 e. The average Bonchev–Trinajstić information content (AvgIpc) is 2.82. The number of thiocarbonyl (C=S) groups is 1. The van der Waals surface area contributed by atoms with E-state index >= 15 is 0 Å². The number of carbonyl (C=O) groups excluding carboxylic acids is 1. The SMILES string of the molecule is CC(=O)c1cccc(NC(=S)Nn2cnnc2)c1. The molecular weight excluding hydrogens is 250 g/mol. The Morgan fingerprint density at radius 1 is 1.33 bits per heavy atom. The van der Waals surface area contributed by atoms with Crippen LogP contribution in [0.25, 0.3) is 0 Å². The number of aromatic nitrogens is 3. The van der Waals surface area contributed by atoms with E-state index in [2.05, 4.69) is 20.9 Å². The number of carbonyl (C=O) groups is 1. The quantitative estimate of drug-likeness (QED) is 0.643. The molecule has 0 saturated carbocycles. The minimum absolute atomic E-state index is 0.0105. The van der Waals surface area contributed by atoms with Gasteiger partial charge in [-0.15, -0.1) is 10.2 Å². The maximum Gasteiger partial charge on any atom is 0.190 e. The fourth-order valence-corrected chi connectivity index (χ4v) is 1.57. The number of anilines is 1. The predicted molar refractivity (Wildman–Crippen MR) is 72.0 cm³/mol. The highest BCUT2D eigenvalue weighted by atomic mass is 32.1. The predicted octanol–water partition coefficient (Wildman–Crippen LogP) is 1.42. The molecule has 0 spiro atoms. The summed E-state index contributed by atoms with van der Waals surface area (Å²) < 4.78 is 1.52. The zero-order valence-electron chi connectivity index (χ0n) is 9.62. The van der Waals surface area contributed by atoms with Crippen molar-refractivity contribution in [3.05, 3.63) is 42.5 Å². The smallest absolute Gasteiger partial charge is 0.190 e. The lowest BCUT2D eigenvalue weighted by atomic mass is 10.1. The van der Waals surface area contributed by atoms with Gasteiger partial charge in [0.25, 0.3) is 0 Å². The summed E-state index contributed by atoms with van der Waals surface area (Å²) in [6, 6.07) is 7.11. The van der Waals surface area contributed by atoms with E-state index in [4.69, 9.17) is 12.2 Å². The Bertz CT molecular complexity index is 567. The van der Waals surface area contributed by atoms with Gasteiger partial charge < -0.3 is 5.32 Å². The van der Waals surface area contributed by atoms with Crippen LogP contribution in [0.15, 0.2) is 36.9 Å². The Kier molecular flexibility index (Phi) is 3.63. The standard InChI is InChI=1S/C11H11N5OS/c1-8(17)9-3-2-4-10(5-9)14-11(18)15-16-6-12-13-7-16/h2-7H,1H3,(H2,14,15,18). The van der Waals surface area contributed by atoms with Gasteiger partial charge in [-0.1, -0.05) is 12.1 Å². The topological polar surface area (TPSA) is 71.8 Å². The first-order valence-electron chi connectivity index (χ1n) is 5.19. The summed E-state index contributed by atoms with van der Waals surface area (Å²) in [6.07, 6.45) is 2.97. The van der Waals surface area contributed by atoms with Crippen molar-refractivity contribution in [3.63, 3.8) is 0 Å². The van der Waals surface area contributed by atoms with Gasteiger partial charge in [-0.05, 0) is 31.3 Å². The van der Waals surface area contributed by atoms with Gasteiger partial charge in [0.05, 0.1) is 0 Å². The molecule has 0 bridgehead atoms. The van der Waals surface area contributed by atoms with E-state index in [0.29, 0.717) is 10.7 Å². The summed E-state index contributed by atoms with van der Waals surface area (Å²) in [5.74, 6) is 0.0105. The summed E-state index contributed by atoms with van der Waals surface area (Å²) in [5.41, 5.74) is 4.22. The molecule has 0 aliphatic heterocycles. The molecule has 0 saturated heterocycles. The van der Waals surface area contributed by atoms with Crippen LogP contribution in [0.2, 0.25) is 0 Å². The Hall–Kier alpha value is -2.28. The third-order valence-electron chi connectivity index (χ3n) is 2.18. The molecule has 6 nitrogen and oxygen atoms in total. The first-order valence-corrected chi connectivity index (χ1v) is 5.59. The third kappa shape index (κ3) is 3.11. The lowest BCUT2D eigenvalue weighted by Gasteiger charge is -2.10. The monoisotopic (exact) mass is 261 g/mol. The molecule has 18 heavy (non-hydrogen) atoms. The van der Waals surface area contributed by atoms with Crippen LogP contribution in [0.5, 0.6) is 0 Å². The van der Waals surface area contributed by atoms with Gasteiger partial charge in [0, 0.05) is 11.3 Å². The number of rotatable bonds is 3. The van der Waals surface area contributed by atoms with Gasteiger partial charge in [0.15, 0.2) is 10.9 Å². The molecule has 2 rings (SSSR count). The number of Topliss-reactive ketones (excluding diaryl/α,β-unsaturated/α-hetero) is 1. The largest absolute Gasteiger partial charge is 0.331 e. The first kappa shape index (κ1) is 12.2. The average molecular weight is 261 g/mol. The molecule has 1 heterocycles. The van der Waals surface area contributed by atoms with E-state index in [9.17, 15) is 4.79 Å². The van der Waals surface area contributed by atoms with Crippen molar-refractivity contribution in [2.45, 2.75) is 6.92 Å². The summed E-state index contributed by atoms with van der Waals surface area (Å²) in [7, 11) is 0. The van der Waals surface area contributed by atoms with Crippen molar-refractivity contribution < 1.29 is 4.79 Å². The molecule has 92 valence electrons. The highest BCUT2D eigenvalue weighted by molar-refractivity contribution is 7.80. The molecule has 0 fully saturated rings. The Morgan fingerprint density at radius 3 is 2.72 bits per heavy atom. The number of benzene rings is 1. The minimum atomic E-state index is 0.0105. The zero-order chi connectivity index (χ0) is 13.0. The summed E-state index contributed by atoms with van der Waals surface area (Å²) in [4.78, 5) is 11.2. The summed E-state index contributed by atoms with van der Waals surface area (Å²) in [5, 5.41) is 10.6. The van der Waals surface area contributed by atoms with Crippen LogP contribution in [0.1, 0.15) is 17.3 Å². The van der Waals surface area contributed by atoms with Crippen LogP contribution in [0.3, 0.4) is 0 Å². The molecule has 0 radical (unpaired) electrons. The third-order valence-corrected chi connectivity index (χ3v) is 2.37. The first-order chi connectivity index (χ1) is 8.65. The lowest BCUT2D eigenvalue weighted by Crippen LogP contribution is -2.26. The second kappa shape index (κ2) is 5.37. The molecule has 0 aliphatic rings. The summed E-state index contributed by atoms with van der Waals surface area (Å²) in [6.45, 7) is 1.52. The molecule has 2 aromatic rings. The second-order valence-corrected chi connectivity index (χ2v) is 3.98. The van der Waals surface area contributed by atoms with E-state index in [-0.39, 0.29) is 5.78 Å². The van der Waals surface area contributed by atoms with E-state index in [0.717, 1.165) is 5.69 Å². The lowest BCUT2D eigenvalue weighted by molar-refractivity contribution is 0.101. The molecule has 0 aliphatic carbocycles. The number of hydrogen-bond donors (Lipinski definition) is 2. The van der Waals surface area contributed by atoms with Crippen molar-refractivity contribution in [2.75, 3.05) is 10.7 Å². The van der Waals surface area contributed by atoms with Crippen LogP contribution < -0.4 is 10.7 Å². The van der Waals surface area contributed by atoms with Gasteiger partial charge in [0.1, 0.15) is 12.7 Å². The Morgan fingerprint density at radius 2 is 2.06 bits per heavy atom. The van der Waals surface area contributed by atoms with E-state index in [1.165, 1.54) is 24.3 Å². The number of nitrogens with zero attached hydrogens (tertiary/aromatic N) is 3. The van der Waals surface area contributed by atoms with Crippen molar-refractivity contribution in [1.29, 1.82) is 0 Å². The van der Waals surface area contributed by atoms with E-state index < -0.39 is 0 Å². The Balaban J connectivity index is 2.03. The molecule has 0 amide bonds. The zero-order valence-corrected chi connectivity index (χ0v) is 10.4. The van der Waals surface area contributed by atoms with Crippen molar-refractivity contribution in [1.82, 2.24) is 14.9 Å². The molecule has 1 aromatic carbocycles.